The molecule has 0 radical (unpaired) electrons. The summed E-state index contributed by atoms with van der Waals surface area (Å²) in [5.74, 6) is -1.67. The third-order valence-corrected chi connectivity index (χ3v) is 8.13. The normalized spacial score (nSPS) is 19.0. The van der Waals surface area contributed by atoms with Crippen molar-refractivity contribution in [3.05, 3.63) is 95.3 Å². The lowest BCUT2D eigenvalue weighted by atomic mass is 9.69. The largest absolute Gasteiger partial charge is 0.336 e. The van der Waals surface area contributed by atoms with Crippen molar-refractivity contribution in [1.82, 2.24) is 9.62 Å². The fourth-order valence-corrected chi connectivity index (χ4v) is 5.80. The van der Waals surface area contributed by atoms with Gasteiger partial charge in [0.05, 0.1) is 12.3 Å². The minimum atomic E-state index is -3.32. The molecule has 0 saturated carbocycles. The highest BCUT2D eigenvalue weighted by Gasteiger charge is 2.41. The molecule has 0 spiro atoms. The van der Waals surface area contributed by atoms with Gasteiger partial charge in [-0.25, -0.2) is 26.3 Å². The summed E-state index contributed by atoms with van der Waals surface area (Å²) in [6.45, 7) is 2.68. The second kappa shape index (κ2) is 11.3. The van der Waals surface area contributed by atoms with Crippen LogP contribution in [0.1, 0.15) is 49.8 Å². The van der Waals surface area contributed by atoms with Crippen LogP contribution in [0.5, 0.6) is 0 Å². The fourth-order valence-electron chi connectivity index (χ4n) is 5.28. The van der Waals surface area contributed by atoms with Crippen LogP contribution in [0, 0.1) is 17.5 Å². The number of nitrogens with zero attached hydrogens (tertiary/aromatic N) is 1. The van der Waals surface area contributed by atoms with Crippen LogP contribution >= 0.6 is 0 Å². The van der Waals surface area contributed by atoms with Crippen LogP contribution in [0.25, 0.3) is 11.1 Å². The van der Waals surface area contributed by atoms with Crippen molar-refractivity contribution in [2.45, 2.75) is 44.1 Å². The number of carbonyl (C=O) groups is 1. The molecular formula is C29H31F3N2O3S. The number of hydrogen-bond donors (Lipinski definition) is 1. The Morgan fingerprint density at radius 3 is 2.24 bits per heavy atom. The minimum absolute atomic E-state index is 0.0437. The molecule has 4 rings (SSSR count). The van der Waals surface area contributed by atoms with Crippen molar-refractivity contribution in [3.8, 4) is 11.1 Å². The predicted molar refractivity (Wildman–Crippen MR) is 141 cm³/mol. The van der Waals surface area contributed by atoms with Crippen molar-refractivity contribution in [2.75, 3.05) is 19.3 Å². The molecule has 1 fully saturated rings. The second-order valence-electron chi connectivity index (χ2n) is 9.99. The molecule has 9 heteroatoms. The Morgan fingerprint density at radius 1 is 0.974 bits per heavy atom. The van der Waals surface area contributed by atoms with Crippen molar-refractivity contribution >= 4 is 15.9 Å². The van der Waals surface area contributed by atoms with Gasteiger partial charge in [-0.05, 0) is 67.1 Å². The van der Waals surface area contributed by atoms with E-state index in [1.807, 2.05) is 24.0 Å². The molecule has 1 aliphatic heterocycles. The van der Waals surface area contributed by atoms with Crippen molar-refractivity contribution in [3.63, 3.8) is 0 Å². The van der Waals surface area contributed by atoms with E-state index in [1.165, 1.54) is 24.3 Å². The quantitative estimate of drug-likeness (QED) is 0.351. The maximum absolute atomic E-state index is 14.2. The van der Waals surface area contributed by atoms with Gasteiger partial charge in [-0.1, -0.05) is 36.4 Å². The standard InChI is InChI=1S/C29H31F3N2O3S/c1-20(21-4-6-22(7-5-21)26-13-12-25(31)18-27(26)32)34-17-15-29(19-28(34)35,14-3-16-33-38(2,36)37)23-8-10-24(30)11-9-23/h4-13,18,20,33H,3,14-17,19H2,1-2H3/t20-,29+/m0/s1. The molecule has 202 valence electrons. The van der Waals surface area contributed by atoms with E-state index in [1.54, 1.807) is 24.3 Å². The summed E-state index contributed by atoms with van der Waals surface area (Å²) in [5, 5.41) is 0. The molecule has 1 amide bonds. The first-order valence-corrected chi connectivity index (χ1v) is 14.4. The molecule has 38 heavy (non-hydrogen) atoms. The van der Waals surface area contributed by atoms with Gasteiger partial charge in [0, 0.05) is 36.6 Å². The first kappa shape index (κ1) is 27.9. The summed E-state index contributed by atoms with van der Waals surface area (Å²) in [6, 6.07) is 16.6. The van der Waals surface area contributed by atoms with Gasteiger partial charge in [-0.2, -0.15) is 0 Å². The molecule has 0 unspecified atom stereocenters. The summed E-state index contributed by atoms with van der Waals surface area (Å²) in [6.07, 6.45) is 3.09. The number of piperidine rings is 1. The maximum atomic E-state index is 14.2. The van der Waals surface area contributed by atoms with Crippen LogP contribution in [-0.2, 0) is 20.2 Å². The first-order chi connectivity index (χ1) is 18.0. The zero-order chi connectivity index (χ0) is 27.5. The van der Waals surface area contributed by atoms with E-state index < -0.39 is 27.1 Å². The smallest absolute Gasteiger partial charge is 0.223 e. The molecule has 1 N–H and O–H groups in total. The van der Waals surface area contributed by atoms with Gasteiger partial charge < -0.3 is 4.90 Å². The molecule has 1 heterocycles. The van der Waals surface area contributed by atoms with E-state index in [0.29, 0.717) is 36.9 Å². The Bertz CT molecular complexity index is 1400. The molecule has 1 aliphatic rings. The average molecular weight is 545 g/mol. The van der Waals surface area contributed by atoms with Crippen molar-refractivity contribution < 1.29 is 26.4 Å². The summed E-state index contributed by atoms with van der Waals surface area (Å²) in [5.41, 5.74) is 2.14. The highest BCUT2D eigenvalue weighted by atomic mass is 32.2. The Balaban J connectivity index is 1.50. The van der Waals surface area contributed by atoms with Gasteiger partial charge in [0.1, 0.15) is 17.5 Å². The first-order valence-electron chi connectivity index (χ1n) is 12.5. The Kier molecular flexibility index (Phi) is 8.28. The van der Waals surface area contributed by atoms with E-state index in [2.05, 4.69) is 4.72 Å². The van der Waals surface area contributed by atoms with Crippen LogP contribution in [0.3, 0.4) is 0 Å². The third-order valence-electron chi connectivity index (χ3n) is 7.40. The number of sulfonamides is 1. The molecule has 3 aromatic rings. The lowest BCUT2D eigenvalue weighted by Crippen LogP contribution is -2.47. The van der Waals surface area contributed by atoms with Gasteiger partial charge in [0.15, 0.2) is 0 Å². The number of likely N-dealkylation sites (tertiary alicyclic amines) is 1. The van der Waals surface area contributed by atoms with E-state index >= 15 is 0 Å². The Morgan fingerprint density at radius 2 is 1.63 bits per heavy atom. The molecular weight excluding hydrogens is 513 g/mol. The molecule has 3 aromatic carbocycles. The number of carbonyl (C=O) groups excluding carboxylic acids is 1. The Hall–Kier alpha value is -3.17. The number of benzene rings is 3. The summed E-state index contributed by atoms with van der Waals surface area (Å²) >= 11 is 0. The maximum Gasteiger partial charge on any atom is 0.223 e. The fraction of sp³-hybridized carbons (Fsp3) is 0.345. The van der Waals surface area contributed by atoms with Gasteiger partial charge in [-0.3, -0.25) is 4.79 Å². The van der Waals surface area contributed by atoms with Gasteiger partial charge >= 0.3 is 0 Å². The number of halogens is 3. The molecule has 5 nitrogen and oxygen atoms in total. The molecule has 0 aromatic heterocycles. The highest BCUT2D eigenvalue weighted by molar-refractivity contribution is 7.88. The van der Waals surface area contributed by atoms with Crippen LogP contribution < -0.4 is 4.72 Å². The van der Waals surface area contributed by atoms with Crippen molar-refractivity contribution in [1.29, 1.82) is 0 Å². The van der Waals surface area contributed by atoms with E-state index in [9.17, 15) is 26.4 Å². The highest BCUT2D eigenvalue weighted by Crippen LogP contribution is 2.42. The molecule has 2 atom stereocenters. The van der Waals surface area contributed by atoms with Crippen molar-refractivity contribution in [2.24, 2.45) is 0 Å². The predicted octanol–water partition coefficient (Wildman–Crippen LogP) is 5.72. The van der Waals surface area contributed by atoms with E-state index in [-0.39, 0.29) is 30.7 Å². The SMILES string of the molecule is C[C@@H](c1ccc(-c2ccc(F)cc2F)cc1)N1CC[C@@](CCCNS(C)(=O)=O)(c2ccc(F)cc2)CC1=O. The zero-order valence-electron chi connectivity index (χ0n) is 21.4. The number of amides is 1. The third kappa shape index (κ3) is 6.45. The molecule has 0 aliphatic carbocycles. The van der Waals surface area contributed by atoms with Gasteiger partial charge in [-0.15, -0.1) is 0 Å². The van der Waals surface area contributed by atoms with Gasteiger partial charge in [0.25, 0.3) is 0 Å². The Labute approximate surface area is 221 Å². The molecule has 0 bridgehead atoms. The summed E-state index contributed by atoms with van der Waals surface area (Å²) in [4.78, 5) is 15.3. The second-order valence-corrected chi connectivity index (χ2v) is 11.8. The number of hydrogen-bond acceptors (Lipinski definition) is 3. The number of nitrogens with one attached hydrogen (secondary N) is 1. The zero-order valence-corrected chi connectivity index (χ0v) is 22.2. The van der Waals surface area contributed by atoms with E-state index in [0.717, 1.165) is 23.4 Å². The number of rotatable bonds is 9. The minimum Gasteiger partial charge on any atom is -0.336 e. The van der Waals surface area contributed by atoms with Crippen LogP contribution in [0.15, 0.2) is 66.7 Å². The lowest BCUT2D eigenvalue weighted by molar-refractivity contribution is -0.138. The monoisotopic (exact) mass is 544 g/mol. The molecule has 1 saturated heterocycles. The summed E-state index contributed by atoms with van der Waals surface area (Å²) in [7, 11) is -3.32. The topological polar surface area (TPSA) is 66.5 Å². The van der Waals surface area contributed by atoms with E-state index in [4.69, 9.17) is 0 Å². The average Bonchev–Trinajstić information content (AvgIpc) is 2.86. The van der Waals surface area contributed by atoms with Crippen LogP contribution in [0.2, 0.25) is 0 Å². The lowest BCUT2D eigenvalue weighted by Gasteiger charge is -2.44. The van der Waals surface area contributed by atoms with Crippen LogP contribution in [-0.4, -0.2) is 38.6 Å². The van der Waals surface area contributed by atoms with Gasteiger partial charge in [0.2, 0.25) is 15.9 Å². The van der Waals surface area contributed by atoms with Crippen LogP contribution in [0.4, 0.5) is 13.2 Å². The summed E-state index contributed by atoms with van der Waals surface area (Å²) < 4.78 is 66.5.